The minimum absolute atomic E-state index is 0.0187. The number of carbonyl (C=O) groups excluding carboxylic acids is 1. The summed E-state index contributed by atoms with van der Waals surface area (Å²) in [5.74, 6) is 0.0187. The molecule has 0 heterocycles. The molecule has 4 heteroatoms. The maximum absolute atomic E-state index is 9.89. The molecule has 0 bridgehead atoms. The molecular formula is C6H13NO3. The topological polar surface area (TPSA) is 69.6 Å². The van der Waals surface area contributed by atoms with Crippen molar-refractivity contribution in [1.29, 1.82) is 0 Å². The van der Waals surface area contributed by atoms with Crippen LogP contribution in [0, 0.1) is 5.92 Å². The third-order valence-corrected chi connectivity index (χ3v) is 1.30. The number of aliphatic hydroxyl groups excluding tert-OH is 1. The van der Waals surface area contributed by atoms with Gasteiger partial charge in [0.25, 0.3) is 0 Å². The van der Waals surface area contributed by atoms with Crippen LogP contribution in [-0.4, -0.2) is 29.0 Å². The van der Waals surface area contributed by atoms with Crippen LogP contribution in [0.3, 0.4) is 0 Å². The molecule has 0 spiro atoms. The van der Waals surface area contributed by atoms with Crippen molar-refractivity contribution >= 4 is 6.41 Å². The van der Waals surface area contributed by atoms with Crippen LogP contribution in [-0.2, 0) is 4.79 Å². The van der Waals surface area contributed by atoms with Crippen LogP contribution < -0.4 is 5.32 Å². The van der Waals surface area contributed by atoms with Gasteiger partial charge < -0.3 is 15.5 Å². The van der Waals surface area contributed by atoms with Crippen molar-refractivity contribution in [3.05, 3.63) is 0 Å². The Morgan fingerprint density at radius 3 is 2.00 bits per heavy atom. The first kappa shape index (κ1) is 9.39. The summed E-state index contributed by atoms with van der Waals surface area (Å²) in [7, 11) is 0. The minimum Gasteiger partial charge on any atom is -0.366 e. The van der Waals surface area contributed by atoms with Crippen LogP contribution in [0.15, 0.2) is 0 Å². The summed E-state index contributed by atoms with van der Waals surface area (Å²) < 4.78 is 0. The number of amides is 1. The number of aliphatic hydroxyl groups is 2. The predicted molar refractivity (Wildman–Crippen MR) is 36.1 cm³/mol. The van der Waals surface area contributed by atoms with Crippen molar-refractivity contribution in [3.8, 4) is 0 Å². The summed E-state index contributed by atoms with van der Waals surface area (Å²) >= 11 is 0. The van der Waals surface area contributed by atoms with E-state index >= 15 is 0 Å². The van der Waals surface area contributed by atoms with Crippen LogP contribution in [0.25, 0.3) is 0 Å². The zero-order valence-electron chi connectivity index (χ0n) is 6.11. The van der Waals surface area contributed by atoms with Crippen LogP contribution in [0.5, 0.6) is 0 Å². The molecule has 10 heavy (non-hydrogen) atoms. The number of rotatable bonds is 4. The highest BCUT2D eigenvalue weighted by Crippen LogP contribution is 2.03. The Hall–Kier alpha value is -0.610. The molecule has 0 aliphatic heterocycles. The molecular weight excluding hydrogens is 134 g/mol. The lowest BCUT2D eigenvalue weighted by Gasteiger charge is -2.21. The summed E-state index contributed by atoms with van der Waals surface area (Å²) in [5.41, 5.74) is 0. The number of nitrogens with one attached hydrogen (secondary N) is 1. The molecule has 0 aliphatic carbocycles. The molecule has 1 unspecified atom stereocenters. The average molecular weight is 147 g/mol. The van der Waals surface area contributed by atoms with E-state index in [4.69, 9.17) is 10.2 Å². The molecule has 0 radical (unpaired) electrons. The van der Waals surface area contributed by atoms with E-state index in [9.17, 15) is 4.79 Å². The standard InChI is InChI=1S/C6H13NO3/c1-4(2)5(6(9)10)7-3-8/h3-6,9-10H,1-2H3,(H,7,8). The lowest BCUT2D eigenvalue weighted by Crippen LogP contribution is -2.42. The lowest BCUT2D eigenvalue weighted by atomic mass is 10.0. The van der Waals surface area contributed by atoms with Gasteiger partial charge >= 0.3 is 0 Å². The van der Waals surface area contributed by atoms with Gasteiger partial charge in [0, 0.05) is 0 Å². The highest BCUT2D eigenvalue weighted by atomic mass is 16.5. The van der Waals surface area contributed by atoms with E-state index in [1.165, 1.54) is 0 Å². The second-order valence-electron chi connectivity index (χ2n) is 2.47. The fraction of sp³-hybridized carbons (Fsp3) is 0.833. The third kappa shape index (κ3) is 2.80. The Kier molecular flexibility index (Phi) is 3.99. The molecule has 0 rings (SSSR count). The zero-order valence-corrected chi connectivity index (χ0v) is 6.11. The number of carbonyl (C=O) groups is 1. The van der Waals surface area contributed by atoms with Crippen LogP contribution in [0.1, 0.15) is 13.8 Å². The highest BCUT2D eigenvalue weighted by Gasteiger charge is 2.18. The zero-order chi connectivity index (χ0) is 8.15. The van der Waals surface area contributed by atoms with Gasteiger partial charge in [-0.2, -0.15) is 0 Å². The molecule has 0 aromatic carbocycles. The van der Waals surface area contributed by atoms with E-state index in [-0.39, 0.29) is 5.92 Å². The molecule has 60 valence electrons. The highest BCUT2D eigenvalue weighted by molar-refractivity contribution is 5.46. The minimum atomic E-state index is -1.48. The third-order valence-electron chi connectivity index (χ3n) is 1.30. The summed E-state index contributed by atoms with van der Waals surface area (Å²) in [6, 6.07) is -0.572. The Labute approximate surface area is 59.9 Å². The molecule has 1 amide bonds. The molecule has 3 N–H and O–H groups in total. The van der Waals surface area contributed by atoms with Gasteiger partial charge in [-0.3, -0.25) is 4.79 Å². The number of hydrogen-bond acceptors (Lipinski definition) is 3. The molecule has 0 aromatic heterocycles. The van der Waals surface area contributed by atoms with Crippen molar-refractivity contribution in [3.63, 3.8) is 0 Å². The summed E-state index contributed by atoms with van der Waals surface area (Å²) in [6.45, 7) is 3.58. The van der Waals surface area contributed by atoms with E-state index in [1.807, 2.05) is 0 Å². The first-order chi connectivity index (χ1) is 4.59. The lowest BCUT2D eigenvalue weighted by molar-refractivity contribution is -0.117. The maximum Gasteiger partial charge on any atom is 0.207 e. The van der Waals surface area contributed by atoms with E-state index in [0.29, 0.717) is 6.41 Å². The van der Waals surface area contributed by atoms with Gasteiger partial charge in [-0.25, -0.2) is 0 Å². The van der Waals surface area contributed by atoms with Gasteiger partial charge in [-0.05, 0) is 5.92 Å². The van der Waals surface area contributed by atoms with E-state index in [1.54, 1.807) is 13.8 Å². The fourth-order valence-corrected chi connectivity index (χ4v) is 0.701. The summed E-state index contributed by atoms with van der Waals surface area (Å²) in [6.07, 6.45) is -1.02. The van der Waals surface area contributed by atoms with Crippen LogP contribution in [0.2, 0.25) is 0 Å². The van der Waals surface area contributed by atoms with Crippen molar-refractivity contribution < 1.29 is 15.0 Å². The SMILES string of the molecule is CC(C)C(NC=O)C(O)O. The normalized spacial score (nSPS) is 13.8. The van der Waals surface area contributed by atoms with Gasteiger partial charge in [-0.15, -0.1) is 0 Å². The molecule has 0 aromatic rings. The molecule has 0 aliphatic rings. The van der Waals surface area contributed by atoms with Gasteiger partial charge in [0.05, 0.1) is 6.04 Å². The Bertz CT molecular complexity index is 95.2. The Morgan fingerprint density at radius 2 is 1.90 bits per heavy atom. The summed E-state index contributed by atoms with van der Waals surface area (Å²) in [4.78, 5) is 9.89. The van der Waals surface area contributed by atoms with Gasteiger partial charge in [0.1, 0.15) is 0 Å². The largest absolute Gasteiger partial charge is 0.366 e. The molecule has 0 fully saturated rings. The van der Waals surface area contributed by atoms with Crippen molar-refractivity contribution in [2.45, 2.75) is 26.2 Å². The predicted octanol–water partition coefficient (Wildman–Crippen LogP) is -0.932. The second-order valence-corrected chi connectivity index (χ2v) is 2.47. The van der Waals surface area contributed by atoms with E-state index in [2.05, 4.69) is 5.32 Å². The fourth-order valence-electron chi connectivity index (χ4n) is 0.701. The monoisotopic (exact) mass is 147 g/mol. The molecule has 0 saturated carbocycles. The molecule has 0 saturated heterocycles. The number of hydrogen-bond donors (Lipinski definition) is 3. The van der Waals surface area contributed by atoms with Crippen molar-refractivity contribution in [1.82, 2.24) is 5.32 Å². The van der Waals surface area contributed by atoms with Gasteiger partial charge in [0.15, 0.2) is 6.29 Å². The van der Waals surface area contributed by atoms with Crippen molar-refractivity contribution in [2.75, 3.05) is 0 Å². The first-order valence-electron chi connectivity index (χ1n) is 3.15. The smallest absolute Gasteiger partial charge is 0.207 e. The molecule has 4 nitrogen and oxygen atoms in total. The average Bonchev–Trinajstić information content (AvgIpc) is 1.81. The van der Waals surface area contributed by atoms with E-state index in [0.717, 1.165) is 0 Å². The van der Waals surface area contributed by atoms with Crippen molar-refractivity contribution in [2.24, 2.45) is 5.92 Å². The van der Waals surface area contributed by atoms with E-state index < -0.39 is 12.3 Å². The van der Waals surface area contributed by atoms with Crippen LogP contribution >= 0.6 is 0 Å². The van der Waals surface area contributed by atoms with Gasteiger partial charge in [0.2, 0.25) is 6.41 Å². The van der Waals surface area contributed by atoms with Gasteiger partial charge in [-0.1, -0.05) is 13.8 Å². The Balaban J connectivity index is 3.84. The molecule has 1 atom stereocenters. The quantitative estimate of drug-likeness (QED) is 0.355. The first-order valence-corrected chi connectivity index (χ1v) is 3.15. The maximum atomic E-state index is 9.89. The summed E-state index contributed by atoms with van der Waals surface area (Å²) in [5, 5.41) is 19.6. The van der Waals surface area contributed by atoms with Crippen LogP contribution in [0.4, 0.5) is 0 Å². The Morgan fingerprint density at radius 1 is 1.40 bits per heavy atom. The second kappa shape index (κ2) is 4.24.